The molecule has 134 valence electrons. The first-order chi connectivity index (χ1) is 12.5. The fourth-order valence-corrected chi connectivity index (χ4v) is 2.87. The summed E-state index contributed by atoms with van der Waals surface area (Å²) in [6.45, 7) is 1.75. The Bertz CT molecular complexity index is 918. The van der Waals surface area contributed by atoms with E-state index in [4.69, 9.17) is 4.74 Å². The summed E-state index contributed by atoms with van der Waals surface area (Å²) in [6.07, 6.45) is 1.95. The molecule has 6 nitrogen and oxygen atoms in total. The summed E-state index contributed by atoms with van der Waals surface area (Å²) in [4.78, 5) is 25.8. The van der Waals surface area contributed by atoms with Gasteiger partial charge in [0.2, 0.25) is 5.91 Å². The van der Waals surface area contributed by atoms with Gasteiger partial charge in [-0.2, -0.15) is 0 Å². The molecule has 0 fully saturated rings. The lowest BCUT2D eigenvalue weighted by molar-refractivity contribution is -0.141. The molecular formula is C20H20N2O4. The first-order valence-electron chi connectivity index (χ1n) is 8.30. The maximum Gasteiger partial charge on any atom is 0.326 e. The lowest BCUT2D eigenvalue weighted by Crippen LogP contribution is -2.41. The molecule has 0 saturated carbocycles. The van der Waals surface area contributed by atoms with Gasteiger partial charge in [0.1, 0.15) is 18.4 Å². The topological polar surface area (TPSA) is 91.4 Å². The number of carbonyl (C=O) groups excluding carboxylic acids is 1. The highest BCUT2D eigenvalue weighted by Gasteiger charge is 2.21. The molecule has 2 aromatic carbocycles. The van der Waals surface area contributed by atoms with Crippen LogP contribution in [0.3, 0.4) is 0 Å². The van der Waals surface area contributed by atoms with Gasteiger partial charge < -0.3 is 20.1 Å². The maximum atomic E-state index is 11.4. The Balaban J connectivity index is 1.81. The second-order valence-corrected chi connectivity index (χ2v) is 6.06. The summed E-state index contributed by atoms with van der Waals surface area (Å²) in [6, 6.07) is 14.5. The molecule has 0 bridgehead atoms. The van der Waals surface area contributed by atoms with Crippen molar-refractivity contribution < 1.29 is 19.4 Å². The number of amides is 1. The van der Waals surface area contributed by atoms with Gasteiger partial charge >= 0.3 is 5.97 Å². The molecule has 1 atom stereocenters. The normalized spacial score (nSPS) is 11.9. The van der Waals surface area contributed by atoms with Gasteiger partial charge in [-0.05, 0) is 17.2 Å². The molecule has 0 unspecified atom stereocenters. The second kappa shape index (κ2) is 7.74. The molecule has 1 aromatic heterocycles. The molecule has 3 N–H and O–H groups in total. The maximum absolute atomic E-state index is 11.4. The number of nitrogens with one attached hydrogen (secondary N) is 2. The van der Waals surface area contributed by atoms with Crippen LogP contribution in [-0.2, 0) is 22.6 Å². The molecule has 3 aromatic rings. The lowest BCUT2D eigenvalue weighted by Gasteiger charge is -2.12. The van der Waals surface area contributed by atoms with E-state index in [0.717, 1.165) is 22.0 Å². The summed E-state index contributed by atoms with van der Waals surface area (Å²) >= 11 is 0. The third-order valence-corrected chi connectivity index (χ3v) is 4.10. The fourth-order valence-electron chi connectivity index (χ4n) is 2.87. The van der Waals surface area contributed by atoms with E-state index < -0.39 is 12.0 Å². The molecule has 0 radical (unpaired) electrons. The fraction of sp³-hybridized carbons (Fsp3) is 0.200. The number of rotatable bonds is 7. The highest BCUT2D eigenvalue weighted by molar-refractivity contribution is 5.89. The molecule has 1 heterocycles. The number of carboxylic acids is 1. The molecule has 26 heavy (non-hydrogen) atoms. The van der Waals surface area contributed by atoms with Crippen molar-refractivity contribution in [3.8, 4) is 5.75 Å². The summed E-state index contributed by atoms with van der Waals surface area (Å²) < 4.78 is 5.92. The molecule has 0 aliphatic carbocycles. The summed E-state index contributed by atoms with van der Waals surface area (Å²) in [5.74, 6) is -0.737. The van der Waals surface area contributed by atoms with Crippen LogP contribution in [-0.4, -0.2) is 28.0 Å². The van der Waals surface area contributed by atoms with Crippen LogP contribution in [0.5, 0.6) is 5.75 Å². The zero-order valence-electron chi connectivity index (χ0n) is 14.4. The van der Waals surface area contributed by atoms with Crippen LogP contribution in [0.15, 0.2) is 54.7 Å². The number of aromatic amines is 1. The van der Waals surface area contributed by atoms with Crippen molar-refractivity contribution in [2.45, 2.75) is 26.0 Å². The number of aromatic nitrogens is 1. The minimum atomic E-state index is -1.06. The minimum absolute atomic E-state index is 0.192. The molecule has 0 aliphatic rings. The molecule has 1 amide bonds. The highest BCUT2D eigenvalue weighted by atomic mass is 16.5. The number of carboxylic acid groups (broad SMARTS) is 1. The van der Waals surface area contributed by atoms with Crippen LogP contribution in [0, 0.1) is 0 Å². The smallest absolute Gasteiger partial charge is 0.326 e. The predicted molar refractivity (Wildman–Crippen MR) is 98.0 cm³/mol. The number of ether oxygens (including phenoxy) is 1. The summed E-state index contributed by atoms with van der Waals surface area (Å²) in [5, 5.41) is 12.6. The van der Waals surface area contributed by atoms with E-state index in [-0.39, 0.29) is 12.3 Å². The monoisotopic (exact) mass is 352 g/mol. The molecule has 0 saturated heterocycles. The number of aliphatic carboxylic acids is 1. The van der Waals surface area contributed by atoms with Crippen molar-refractivity contribution in [2.75, 3.05) is 0 Å². The van der Waals surface area contributed by atoms with Gasteiger partial charge in [0.15, 0.2) is 0 Å². The third-order valence-electron chi connectivity index (χ3n) is 4.10. The Labute approximate surface area is 150 Å². The van der Waals surface area contributed by atoms with E-state index in [0.29, 0.717) is 12.4 Å². The van der Waals surface area contributed by atoms with Crippen LogP contribution in [0.2, 0.25) is 0 Å². The van der Waals surface area contributed by atoms with Gasteiger partial charge in [-0.3, -0.25) is 4.79 Å². The zero-order chi connectivity index (χ0) is 18.5. The summed E-state index contributed by atoms with van der Waals surface area (Å²) in [7, 11) is 0. The van der Waals surface area contributed by atoms with Crippen molar-refractivity contribution in [1.29, 1.82) is 0 Å². The molecule has 0 spiro atoms. The number of hydrogen-bond donors (Lipinski definition) is 3. The average molecular weight is 352 g/mol. The van der Waals surface area contributed by atoms with Gasteiger partial charge in [-0.15, -0.1) is 0 Å². The van der Waals surface area contributed by atoms with Gasteiger partial charge in [0, 0.05) is 24.9 Å². The van der Waals surface area contributed by atoms with E-state index in [1.54, 1.807) is 6.20 Å². The quantitative estimate of drug-likeness (QED) is 0.610. The largest absolute Gasteiger partial charge is 0.487 e. The SMILES string of the molecule is CC(=O)N[C@@H](Cc1c[nH]c2c(OCc3ccccc3)cccc12)C(=O)O. The van der Waals surface area contributed by atoms with Gasteiger partial charge in [0.25, 0.3) is 0 Å². The Morgan fingerprint density at radius 3 is 2.62 bits per heavy atom. The Hall–Kier alpha value is -3.28. The van der Waals surface area contributed by atoms with Crippen molar-refractivity contribution in [3.63, 3.8) is 0 Å². The Kier molecular flexibility index (Phi) is 5.22. The number of benzene rings is 2. The predicted octanol–water partition coefficient (Wildman–Crippen LogP) is 2.88. The van der Waals surface area contributed by atoms with Crippen LogP contribution in [0.1, 0.15) is 18.1 Å². The van der Waals surface area contributed by atoms with Gasteiger partial charge in [0.05, 0.1) is 5.52 Å². The van der Waals surface area contributed by atoms with Crippen molar-refractivity contribution in [2.24, 2.45) is 0 Å². The highest BCUT2D eigenvalue weighted by Crippen LogP contribution is 2.28. The van der Waals surface area contributed by atoms with Crippen molar-refractivity contribution in [1.82, 2.24) is 10.3 Å². The zero-order valence-corrected chi connectivity index (χ0v) is 14.4. The van der Waals surface area contributed by atoms with E-state index in [2.05, 4.69) is 10.3 Å². The third kappa shape index (κ3) is 4.03. The van der Waals surface area contributed by atoms with Gasteiger partial charge in [-0.1, -0.05) is 42.5 Å². The van der Waals surface area contributed by atoms with E-state index in [1.165, 1.54) is 6.92 Å². The first-order valence-corrected chi connectivity index (χ1v) is 8.30. The molecule has 0 aliphatic heterocycles. The van der Waals surface area contributed by atoms with Crippen LogP contribution in [0.25, 0.3) is 10.9 Å². The number of fused-ring (bicyclic) bond motifs is 1. The average Bonchev–Trinajstić information content (AvgIpc) is 3.03. The van der Waals surface area contributed by atoms with Crippen LogP contribution >= 0.6 is 0 Å². The number of carbonyl (C=O) groups is 2. The Morgan fingerprint density at radius 1 is 1.15 bits per heavy atom. The second-order valence-electron chi connectivity index (χ2n) is 6.06. The number of hydrogen-bond acceptors (Lipinski definition) is 3. The molecular weight excluding hydrogens is 332 g/mol. The standard InChI is InChI=1S/C20H20N2O4/c1-13(23)22-17(20(24)25)10-15-11-21-19-16(15)8-5-9-18(19)26-12-14-6-3-2-4-7-14/h2-9,11,17,21H,10,12H2,1H3,(H,22,23)(H,24,25)/t17-/m0/s1. The molecule has 6 heteroatoms. The number of para-hydroxylation sites is 1. The van der Waals surface area contributed by atoms with E-state index in [9.17, 15) is 14.7 Å². The van der Waals surface area contributed by atoms with Crippen molar-refractivity contribution >= 4 is 22.8 Å². The van der Waals surface area contributed by atoms with Crippen LogP contribution < -0.4 is 10.1 Å². The number of H-pyrrole nitrogens is 1. The van der Waals surface area contributed by atoms with E-state index >= 15 is 0 Å². The summed E-state index contributed by atoms with van der Waals surface area (Å²) in [5.41, 5.74) is 2.68. The van der Waals surface area contributed by atoms with E-state index in [1.807, 2.05) is 48.5 Å². The first kappa shape index (κ1) is 17.5. The van der Waals surface area contributed by atoms with Gasteiger partial charge in [-0.25, -0.2) is 4.79 Å². The lowest BCUT2D eigenvalue weighted by atomic mass is 10.0. The Morgan fingerprint density at radius 2 is 1.92 bits per heavy atom. The minimum Gasteiger partial charge on any atom is -0.487 e. The molecule has 3 rings (SSSR count). The van der Waals surface area contributed by atoms with Crippen LogP contribution in [0.4, 0.5) is 0 Å². The van der Waals surface area contributed by atoms with Crippen molar-refractivity contribution in [3.05, 3.63) is 65.9 Å².